The van der Waals surface area contributed by atoms with Crippen molar-refractivity contribution in [1.82, 2.24) is 14.6 Å². The molecule has 4 aromatic rings. The monoisotopic (exact) mass is 337 g/mol. The van der Waals surface area contributed by atoms with Crippen LogP contribution in [0, 0.1) is 6.92 Å². The van der Waals surface area contributed by atoms with Crippen molar-refractivity contribution in [1.29, 1.82) is 0 Å². The van der Waals surface area contributed by atoms with Crippen LogP contribution in [0.25, 0.3) is 28.9 Å². The van der Waals surface area contributed by atoms with E-state index >= 15 is 0 Å². The van der Waals surface area contributed by atoms with Gasteiger partial charge in [0, 0.05) is 11.8 Å². The number of fused-ring (bicyclic) bond motifs is 1. The van der Waals surface area contributed by atoms with Crippen molar-refractivity contribution in [2.24, 2.45) is 0 Å². The molecule has 3 heteroatoms. The summed E-state index contributed by atoms with van der Waals surface area (Å²) >= 11 is 0. The highest BCUT2D eigenvalue weighted by Gasteiger charge is 2.13. The van der Waals surface area contributed by atoms with E-state index in [1.54, 1.807) is 0 Å². The predicted octanol–water partition coefficient (Wildman–Crippen LogP) is 5.43. The number of aryl methyl sites for hydroxylation is 1. The fraction of sp³-hybridized carbons (Fsp3) is 0.0435. The smallest absolute Gasteiger partial charge is 0.163 e. The largest absolute Gasteiger partial charge is 0.236 e. The average Bonchev–Trinajstić information content (AvgIpc) is 3.03. The summed E-state index contributed by atoms with van der Waals surface area (Å²) < 4.78 is 1.91. The van der Waals surface area contributed by atoms with E-state index in [1.165, 1.54) is 5.56 Å². The van der Waals surface area contributed by atoms with Gasteiger partial charge in [-0.3, -0.25) is 0 Å². The normalized spacial score (nSPS) is 11.7. The number of rotatable bonds is 4. The summed E-state index contributed by atoms with van der Waals surface area (Å²) in [6.45, 7) is 2.03. The first-order valence-electron chi connectivity index (χ1n) is 8.62. The molecule has 126 valence electrons. The molecular formula is C23H19N3. The van der Waals surface area contributed by atoms with Crippen molar-refractivity contribution in [3.8, 4) is 11.1 Å². The van der Waals surface area contributed by atoms with Crippen LogP contribution in [0.3, 0.4) is 0 Å². The van der Waals surface area contributed by atoms with Crippen molar-refractivity contribution >= 4 is 17.8 Å². The quantitative estimate of drug-likeness (QED) is 0.465. The molecule has 0 saturated heterocycles. The molecule has 0 aliphatic rings. The molecule has 0 N–H and O–H groups in total. The molecule has 2 aromatic heterocycles. The van der Waals surface area contributed by atoms with Gasteiger partial charge in [-0.1, -0.05) is 78.9 Å². The van der Waals surface area contributed by atoms with Crippen molar-refractivity contribution in [3.05, 3.63) is 102 Å². The first-order valence-corrected chi connectivity index (χ1v) is 8.62. The maximum Gasteiger partial charge on any atom is 0.163 e. The van der Waals surface area contributed by atoms with Gasteiger partial charge in [-0.15, -0.1) is 0 Å². The fourth-order valence-electron chi connectivity index (χ4n) is 3.02. The van der Waals surface area contributed by atoms with Crippen LogP contribution in [0.5, 0.6) is 0 Å². The Kier molecular flexibility index (Phi) is 4.44. The Hall–Kier alpha value is -3.46. The van der Waals surface area contributed by atoms with Crippen LogP contribution in [0.15, 0.2) is 85.1 Å². The van der Waals surface area contributed by atoms with Crippen molar-refractivity contribution in [3.63, 3.8) is 0 Å². The summed E-state index contributed by atoms with van der Waals surface area (Å²) in [7, 11) is 0. The molecule has 2 aromatic carbocycles. The minimum absolute atomic E-state index is 0.878. The zero-order chi connectivity index (χ0) is 17.8. The Bertz CT molecular complexity index is 1070. The molecule has 0 amide bonds. The summed E-state index contributed by atoms with van der Waals surface area (Å²) in [6, 6.07) is 22.5. The second-order valence-electron chi connectivity index (χ2n) is 6.06. The van der Waals surface area contributed by atoms with Gasteiger partial charge in [-0.2, -0.15) is 5.10 Å². The van der Waals surface area contributed by atoms with Crippen LogP contribution in [0.4, 0.5) is 0 Å². The maximum atomic E-state index is 4.71. The summed E-state index contributed by atoms with van der Waals surface area (Å²) in [6.07, 6.45) is 10.0. The Labute approximate surface area is 153 Å². The van der Waals surface area contributed by atoms with Crippen molar-refractivity contribution in [2.75, 3.05) is 0 Å². The third-order valence-electron chi connectivity index (χ3n) is 4.25. The third-order valence-corrected chi connectivity index (χ3v) is 4.25. The lowest BCUT2D eigenvalue weighted by Gasteiger charge is -2.01. The summed E-state index contributed by atoms with van der Waals surface area (Å²) in [5.41, 5.74) is 6.25. The van der Waals surface area contributed by atoms with Gasteiger partial charge in [-0.05, 0) is 30.2 Å². The first kappa shape index (κ1) is 16.0. The van der Waals surface area contributed by atoms with Crippen molar-refractivity contribution < 1.29 is 0 Å². The minimum Gasteiger partial charge on any atom is -0.236 e. The van der Waals surface area contributed by atoms with Gasteiger partial charge in [0.1, 0.15) is 0 Å². The van der Waals surface area contributed by atoms with Crippen molar-refractivity contribution in [2.45, 2.75) is 6.92 Å². The summed E-state index contributed by atoms with van der Waals surface area (Å²) in [4.78, 5) is 4.56. The molecule has 0 atom stereocenters. The zero-order valence-electron chi connectivity index (χ0n) is 14.6. The van der Waals surface area contributed by atoms with E-state index in [2.05, 4.69) is 41.4 Å². The minimum atomic E-state index is 0.878. The molecule has 0 radical (unpaired) electrons. The zero-order valence-corrected chi connectivity index (χ0v) is 14.6. The second kappa shape index (κ2) is 7.19. The van der Waals surface area contributed by atoms with E-state index < -0.39 is 0 Å². The lowest BCUT2D eigenvalue weighted by molar-refractivity contribution is 0.906. The number of nitrogens with zero attached hydrogens (tertiary/aromatic N) is 3. The molecule has 0 unspecified atom stereocenters. The number of hydrogen-bond donors (Lipinski definition) is 0. The maximum absolute atomic E-state index is 4.71. The lowest BCUT2D eigenvalue weighted by Crippen LogP contribution is -1.94. The van der Waals surface area contributed by atoms with Crippen LogP contribution in [0.1, 0.15) is 17.0 Å². The van der Waals surface area contributed by atoms with Crippen LogP contribution < -0.4 is 0 Å². The van der Waals surface area contributed by atoms with Gasteiger partial charge >= 0.3 is 0 Å². The predicted molar refractivity (Wildman–Crippen MR) is 108 cm³/mol. The molecule has 4 rings (SSSR count). The Morgan fingerprint density at radius 3 is 2.27 bits per heavy atom. The van der Waals surface area contributed by atoms with E-state index in [9.17, 15) is 0 Å². The van der Waals surface area contributed by atoms with Crippen LogP contribution >= 0.6 is 0 Å². The molecule has 2 heterocycles. The molecule has 0 aliphatic carbocycles. The highest BCUT2D eigenvalue weighted by molar-refractivity contribution is 5.80. The molecule has 26 heavy (non-hydrogen) atoms. The van der Waals surface area contributed by atoms with Crippen LogP contribution in [-0.4, -0.2) is 14.6 Å². The van der Waals surface area contributed by atoms with Gasteiger partial charge < -0.3 is 0 Å². The van der Waals surface area contributed by atoms with Gasteiger partial charge in [0.25, 0.3) is 0 Å². The molecule has 0 fully saturated rings. The summed E-state index contributed by atoms with van der Waals surface area (Å²) in [5, 5.41) is 4.71. The number of hydrogen-bond acceptors (Lipinski definition) is 2. The molecule has 0 bridgehead atoms. The highest BCUT2D eigenvalue weighted by Crippen LogP contribution is 2.27. The molecule has 3 nitrogen and oxygen atoms in total. The first-order chi connectivity index (χ1) is 12.8. The molecular weight excluding hydrogens is 318 g/mol. The summed E-state index contributed by atoms with van der Waals surface area (Å²) in [5.74, 6) is 0. The van der Waals surface area contributed by atoms with Gasteiger partial charge in [-0.25, -0.2) is 9.50 Å². The number of benzene rings is 2. The average molecular weight is 337 g/mol. The van der Waals surface area contributed by atoms with E-state index in [4.69, 9.17) is 5.10 Å². The lowest BCUT2D eigenvalue weighted by atomic mass is 10.1. The Morgan fingerprint density at radius 1 is 0.808 bits per heavy atom. The van der Waals surface area contributed by atoms with E-state index in [0.29, 0.717) is 0 Å². The Morgan fingerprint density at radius 2 is 1.50 bits per heavy atom. The molecule has 0 saturated carbocycles. The topological polar surface area (TPSA) is 30.2 Å². The van der Waals surface area contributed by atoms with Crippen LogP contribution in [-0.2, 0) is 0 Å². The molecule has 0 spiro atoms. The third kappa shape index (κ3) is 3.20. The van der Waals surface area contributed by atoms with Gasteiger partial charge in [0.05, 0.1) is 11.4 Å². The van der Waals surface area contributed by atoms with E-state index in [0.717, 1.165) is 28.2 Å². The molecule has 0 aliphatic heterocycles. The van der Waals surface area contributed by atoms with E-state index in [-0.39, 0.29) is 0 Å². The number of allylic oxidation sites excluding steroid dienone is 2. The second-order valence-corrected chi connectivity index (χ2v) is 6.06. The number of aromatic nitrogens is 3. The van der Waals surface area contributed by atoms with Gasteiger partial charge in [0.2, 0.25) is 0 Å². The standard InChI is InChI=1S/C23H19N3/c1-18-22(20-13-6-3-7-14-20)23-24-17-16-21(26(23)25-18)15-9-8-12-19-10-4-2-5-11-19/h2-17H,1H3/b12-8+,15-9+. The van der Waals surface area contributed by atoms with E-state index in [1.807, 2.05) is 72.3 Å². The SMILES string of the molecule is Cc1nn2c(/C=C/C=C/c3ccccc3)ccnc2c1-c1ccccc1. The highest BCUT2D eigenvalue weighted by atomic mass is 15.3. The fourth-order valence-corrected chi connectivity index (χ4v) is 3.02. The Balaban J connectivity index is 1.69. The van der Waals surface area contributed by atoms with Gasteiger partial charge in [0.15, 0.2) is 5.65 Å². The van der Waals surface area contributed by atoms with Crippen LogP contribution in [0.2, 0.25) is 0 Å².